The van der Waals surface area contributed by atoms with Crippen molar-refractivity contribution in [1.82, 2.24) is 0 Å². The number of nitro groups is 1. The zero-order valence-electron chi connectivity index (χ0n) is 10.4. The molecule has 2 aromatic carbocycles. The largest absolute Gasteiger partial charge is 0.326 e. The number of nitrogens with zero attached hydrogens (tertiary/aromatic N) is 1. The lowest BCUT2D eigenvalue weighted by Crippen LogP contribution is -2.15. The highest BCUT2D eigenvalue weighted by molar-refractivity contribution is 5.92. The summed E-state index contributed by atoms with van der Waals surface area (Å²) in [6.45, 7) is 0. The Morgan fingerprint density at radius 1 is 1.20 bits per heavy atom. The standard InChI is InChI=1S/C14H11FN2O3/c15-11-5-3-6-12(9-11)16-14(18)8-10-4-1-2-7-13(10)17(19)20/h1-7,9H,8H2,(H,16,18). The van der Waals surface area contributed by atoms with E-state index in [0.717, 1.165) is 0 Å². The van der Waals surface area contributed by atoms with Crippen molar-refractivity contribution in [1.29, 1.82) is 0 Å². The molecule has 2 rings (SSSR count). The summed E-state index contributed by atoms with van der Waals surface area (Å²) in [4.78, 5) is 22.1. The number of hydrogen-bond acceptors (Lipinski definition) is 3. The summed E-state index contributed by atoms with van der Waals surface area (Å²) in [5.74, 6) is -0.904. The van der Waals surface area contributed by atoms with E-state index in [1.165, 1.54) is 36.4 Å². The fraction of sp³-hybridized carbons (Fsp3) is 0.0714. The lowest BCUT2D eigenvalue weighted by atomic mass is 10.1. The molecule has 102 valence electrons. The molecular weight excluding hydrogens is 263 g/mol. The molecule has 0 heterocycles. The highest BCUT2D eigenvalue weighted by Crippen LogP contribution is 2.19. The summed E-state index contributed by atoms with van der Waals surface area (Å²) in [5, 5.41) is 13.3. The zero-order chi connectivity index (χ0) is 14.5. The molecule has 2 aromatic rings. The second kappa shape index (κ2) is 5.92. The van der Waals surface area contributed by atoms with Crippen LogP contribution in [0.2, 0.25) is 0 Å². The number of benzene rings is 2. The van der Waals surface area contributed by atoms with Gasteiger partial charge in [0, 0.05) is 17.3 Å². The van der Waals surface area contributed by atoms with Gasteiger partial charge in [0.25, 0.3) is 5.69 Å². The van der Waals surface area contributed by atoms with Crippen molar-refractivity contribution in [3.8, 4) is 0 Å². The van der Waals surface area contributed by atoms with E-state index >= 15 is 0 Å². The maximum atomic E-state index is 13.0. The number of hydrogen-bond donors (Lipinski definition) is 1. The van der Waals surface area contributed by atoms with E-state index in [9.17, 15) is 19.3 Å². The van der Waals surface area contributed by atoms with Gasteiger partial charge in [-0.2, -0.15) is 0 Å². The average molecular weight is 274 g/mol. The molecule has 0 saturated heterocycles. The molecule has 0 aliphatic carbocycles. The minimum atomic E-state index is -0.537. The highest BCUT2D eigenvalue weighted by atomic mass is 19.1. The minimum Gasteiger partial charge on any atom is -0.326 e. The number of anilines is 1. The molecule has 1 amide bonds. The smallest absolute Gasteiger partial charge is 0.273 e. The summed E-state index contributed by atoms with van der Waals surface area (Å²) in [5.41, 5.74) is 0.516. The van der Waals surface area contributed by atoms with Crippen molar-refractivity contribution in [2.45, 2.75) is 6.42 Å². The molecule has 6 heteroatoms. The van der Waals surface area contributed by atoms with Gasteiger partial charge in [-0.25, -0.2) is 4.39 Å². The van der Waals surface area contributed by atoms with Crippen LogP contribution < -0.4 is 5.32 Å². The van der Waals surface area contributed by atoms with E-state index in [0.29, 0.717) is 11.3 Å². The number of nitro benzene ring substituents is 1. The topological polar surface area (TPSA) is 72.2 Å². The van der Waals surface area contributed by atoms with Gasteiger partial charge in [0.2, 0.25) is 5.91 Å². The summed E-state index contributed by atoms with van der Waals surface area (Å²) in [6.07, 6.45) is -0.145. The van der Waals surface area contributed by atoms with Gasteiger partial charge in [-0.1, -0.05) is 24.3 Å². The number of amides is 1. The van der Waals surface area contributed by atoms with Crippen LogP contribution in [0.1, 0.15) is 5.56 Å². The third kappa shape index (κ3) is 3.38. The second-order valence-electron chi connectivity index (χ2n) is 4.12. The molecule has 0 fully saturated rings. The van der Waals surface area contributed by atoms with Crippen molar-refractivity contribution < 1.29 is 14.1 Å². The summed E-state index contributed by atoms with van der Waals surface area (Å²) in [6, 6.07) is 11.5. The van der Waals surface area contributed by atoms with Gasteiger partial charge in [-0.05, 0) is 18.2 Å². The van der Waals surface area contributed by atoms with Crippen LogP contribution in [0.5, 0.6) is 0 Å². The predicted octanol–water partition coefficient (Wildman–Crippen LogP) is 2.92. The SMILES string of the molecule is O=C(Cc1ccccc1[N+](=O)[O-])Nc1cccc(F)c1. The van der Waals surface area contributed by atoms with E-state index in [4.69, 9.17) is 0 Å². The molecular formula is C14H11FN2O3. The van der Waals surface area contributed by atoms with E-state index in [1.54, 1.807) is 12.1 Å². The fourth-order valence-electron chi connectivity index (χ4n) is 1.78. The molecule has 0 aliphatic rings. The van der Waals surface area contributed by atoms with Crippen LogP contribution in [0.3, 0.4) is 0 Å². The molecule has 0 saturated carbocycles. The number of rotatable bonds is 4. The van der Waals surface area contributed by atoms with Crippen LogP contribution in [0.15, 0.2) is 48.5 Å². The third-order valence-electron chi connectivity index (χ3n) is 2.65. The Kier molecular flexibility index (Phi) is 4.05. The van der Waals surface area contributed by atoms with Gasteiger partial charge in [0.15, 0.2) is 0 Å². The Labute approximate surface area is 114 Å². The minimum absolute atomic E-state index is 0.109. The quantitative estimate of drug-likeness (QED) is 0.688. The summed E-state index contributed by atoms with van der Waals surface area (Å²) < 4.78 is 13.0. The van der Waals surface area contributed by atoms with Crippen LogP contribution in [0.4, 0.5) is 15.8 Å². The molecule has 20 heavy (non-hydrogen) atoms. The van der Waals surface area contributed by atoms with E-state index in [-0.39, 0.29) is 12.1 Å². The van der Waals surface area contributed by atoms with E-state index in [1.807, 2.05) is 0 Å². The molecule has 0 spiro atoms. The molecule has 0 aliphatic heterocycles. The number of carbonyl (C=O) groups is 1. The van der Waals surface area contributed by atoms with E-state index in [2.05, 4.69) is 5.32 Å². The maximum Gasteiger partial charge on any atom is 0.273 e. The van der Waals surface area contributed by atoms with Crippen molar-refractivity contribution in [3.63, 3.8) is 0 Å². The Bertz CT molecular complexity index is 658. The van der Waals surface area contributed by atoms with Crippen LogP contribution in [-0.2, 0) is 11.2 Å². The number of para-hydroxylation sites is 1. The molecule has 0 bridgehead atoms. The molecule has 1 N–H and O–H groups in total. The Morgan fingerprint density at radius 3 is 2.65 bits per heavy atom. The first-order valence-electron chi connectivity index (χ1n) is 5.84. The summed E-state index contributed by atoms with van der Waals surface area (Å²) >= 11 is 0. The number of nitrogens with one attached hydrogen (secondary N) is 1. The summed E-state index contributed by atoms with van der Waals surface area (Å²) in [7, 11) is 0. The first-order chi connectivity index (χ1) is 9.56. The predicted molar refractivity (Wildman–Crippen MR) is 71.8 cm³/mol. The van der Waals surface area contributed by atoms with Crippen LogP contribution in [0.25, 0.3) is 0 Å². The van der Waals surface area contributed by atoms with Gasteiger partial charge in [-0.15, -0.1) is 0 Å². The Hall–Kier alpha value is -2.76. The Morgan fingerprint density at radius 2 is 1.95 bits per heavy atom. The lowest BCUT2D eigenvalue weighted by Gasteiger charge is -2.05. The number of carbonyl (C=O) groups excluding carboxylic acids is 1. The van der Waals surface area contributed by atoms with Gasteiger partial charge in [0.1, 0.15) is 5.82 Å². The monoisotopic (exact) mass is 274 g/mol. The van der Waals surface area contributed by atoms with Crippen molar-refractivity contribution in [2.24, 2.45) is 0 Å². The lowest BCUT2D eigenvalue weighted by molar-refractivity contribution is -0.385. The molecule has 5 nitrogen and oxygen atoms in total. The van der Waals surface area contributed by atoms with Crippen LogP contribution >= 0.6 is 0 Å². The third-order valence-corrected chi connectivity index (χ3v) is 2.65. The first-order valence-corrected chi connectivity index (χ1v) is 5.84. The van der Waals surface area contributed by atoms with E-state index < -0.39 is 16.6 Å². The van der Waals surface area contributed by atoms with Gasteiger partial charge >= 0.3 is 0 Å². The molecule has 0 radical (unpaired) electrons. The van der Waals surface area contributed by atoms with Crippen LogP contribution in [-0.4, -0.2) is 10.8 Å². The molecule has 0 atom stereocenters. The molecule has 0 unspecified atom stereocenters. The van der Waals surface area contributed by atoms with Gasteiger partial charge in [-0.3, -0.25) is 14.9 Å². The van der Waals surface area contributed by atoms with Crippen molar-refractivity contribution >= 4 is 17.3 Å². The Balaban J connectivity index is 2.11. The van der Waals surface area contributed by atoms with Gasteiger partial charge < -0.3 is 5.32 Å². The highest BCUT2D eigenvalue weighted by Gasteiger charge is 2.15. The zero-order valence-corrected chi connectivity index (χ0v) is 10.4. The van der Waals surface area contributed by atoms with Crippen molar-refractivity contribution in [3.05, 3.63) is 70.0 Å². The maximum absolute atomic E-state index is 13.0. The van der Waals surface area contributed by atoms with Gasteiger partial charge in [0.05, 0.1) is 11.3 Å². The van der Waals surface area contributed by atoms with Crippen LogP contribution in [0, 0.1) is 15.9 Å². The first kappa shape index (κ1) is 13.7. The average Bonchev–Trinajstić information content (AvgIpc) is 2.38. The fourth-order valence-corrected chi connectivity index (χ4v) is 1.78. The second-order valence-corrected chi connectivity index (χ2v) is 4.12. The molecule has 0 aromatic heterocycles. The normalized spacial score (nSPS) is 10.1. The van der Waals surface area contributed by atoms with Crippen molar-refractivity contribution in [2.75, 3.05) is 5.32 Å². The number of halogens is 1.